The number of likely N-dealkylation sites (tertiary alicyclic amines) is 1. The molecule has 116 valence electrons. The van der Waals surface area contributed by atoms with Crippen LogP contribution in [0.1, 0.15) is 37.5 Å². The largest absolute Gasteiger partial charge is 0.481 e. The number of hydrogen-bond donors (Lipinski definition) is 1. The molecule has 2 aromatic rings. The average molecular weight is 300 g/mol. The van der Waals surface area contributed by atoms with Crippen molar-refractivity contribution in [3.05, 3.63) is 30.2 Å². The summed E-state index contributed by atoms with van der Waals surface area (Å²) in [6, 6.07) is 7.82. The lowest BCUT2D eigenvalue weighted by molar-refractivity contribution is -0.144. The molecule has 1 unspecified atom stereocenters. The zero-order chi connectivity index (χ0) is 15.2. The van der Waals surface area contributed by atoms with Crippen LogP contribution < -0.4 is 0 Å². The number of benzene rings is 1. The van der Waals surface area contributed by atoms with Gasteiger partial charge in [0.2, 0.25) is 0 Å². The number of carboxylic acid groups (broad SMARTS) is 1. The van der Waals surface area contributed by atoms with Crippen LogP contribution in [0, 0.1) is 5.41 Å². The number of carbonyl (C=O) groups is 1. The molecule has 1 atom stereocenters. The van der Waals surface area contributed by atoms with Crippen molar-refractivity contribution in [2.24, 2.45) is 5.41 Å². The third-order valence-electron chi connectivity index (χ3n) is 5.00. The van der Waals surface area contributed by atoms with Crippen LogP contribution in [0.4, 0.5) is 0 Å². The van der Waals surface area contributed by atoms with Gasteiger partial charge >= 0.3 is 5.97 Å². The Bertz CT molecular complexity index is 672. The van der Waals surface area contributed by atoms with Gasteiger partial charge in [0.25, 0.3) is 0 Å². The molecule has 1 aromatic heterocycles. The van der Waals surface area contributed by atoms with Crippen LogP contribution in [-0.4, -0.2) is 40.6 Å². The summed E-state index contributed by atoms with van der Waals surface area (Å²) in [5, 5.41) is 9.36. The number of carboxylic acids is 1. The second kappa shape index (κ2) is 5.09. The first-order valence-electron chi connectivity index (χ1n) is 7.98. The van der Waals surface area contributed by atoms with Crippen LogP contribution in [0.3, 0.4) is 0 Å². The molecule has 1 aliphatic heterocycles. The van der Waals surface area contributed by atoms with Crippen LogP contribution in [0.2, 0.25) is 0 Å². The monoisotopic (exact) mass is 300 g/mol. The lowest BCUT2D eigenvalue weighted by Gasteiger charge is -2.32. The van der Waals surface area contributed by atoms with E-state index < -0.39 is 11.4 Å². The van der Waals surface area contributed by atoms with Gasteiger partial charge in [0, 0.05) is 19.0 Å². The number of aromatic nitrogens is 1. The number of rotatable bonds is 4. The second-order valence-corrected chi connectivity index (χ2v) is 6.68. The van der Waals surface area contributed by atoms with Crippen molar-refractivity contribution in [1.82, 2.24) is 9.88 Å². The first-order chi connectivity index (χ1) is 10.7. The zero-order valence-electron chi connectivity index (χ0n) is 12.5. The fourth-order valence-corrected chi connectivity index (χ4v) is 3.48. The summed E-state index contributed by atoms with van der Waals surface area (Å²) >= 11 is 0. The van der Waals surface area contributed by atoms with Crippen molar-refractivity contribution in [3.63, 3.8) is 0 Å². The highest BCUT2D eigenvalue weighted by atomic mass is 16.4. The third kappa shape index (κ3) is 2.39. The van der Waals surface area contributed by atoms with Gasteiger partial charge in [-0.1, -0.05) is 12.1 Å². The average Bonchev–Trinajstić information content (AvgIpc) is 3.17. The van der Waals surface area contributed by atoms with E-state index in [1.807, 2.05) is 24.3 Å². The molecule has 5 heteroatoms. The number of para-hydroxylation sites is 2. The Morgan fingerprint density at radius 3 is 2.95 bits per heavy atom. The van der Waals surface area contributed by atoms with Gasteiger partial charge in [-0.25, -0.2) is 4.98 Å². The van der Waals surface area contributed by atoms with E-state index in [2.05, 4.69) is 9.88 Å². The fraction of sp³-hybridized carbons (Fsp3) is 0.529. The Morgan fingerprint density at radius 1 is 1.41 bits per heavy atom. The Labute approximate surface area is 128 Å². The minimum atomic E-state index is -0.642. The number of piperidine rings is 1. The van der Waals surface area contributed by atoms with E-state index in [1.54, 1.807) is 0 Å². The van der Waals surface area contributed by atoms with Gasteiger partial charge in [0.1, 0.15) is 5.52 Å². The SMILES string of the molecule is O=C(O)C1(CN2CCCC(c3nc4ccccc4o3)C2)CC1. The van der Waals surface area contributed by atoms with Crippen LogP contribution in [0.25, 0.3) is 11.1 Å². The van der Waals surface area contributed by atoms with E-state index in [9.17, 15) is 9.90 Å². The van der Waals surface area contributed by atoms with Crippen LogP contribution >= 0.6 is 0 Å². The van der Waals surface area contributed by atoms with Gasteiger partial charge in [-0.05, 0) is 44.4 Å². The molecule has 0 radical (unpaired) electrons. The van der Waals surface area contributed by atoms with Gasteiger partial charge in [0.15, 0.2) is 11.5 Å². The molecule has 4 rings (SSSR count). The molecular weight excluding hydrogens is 280 g/mol. The summed E-state index contributed by atoms with van der Waals surface area (Å²) in [5.74, 6) is 0.424. The maximum absolute atomic E-state index is 11.4. The molecule has 1 aliphatic carbocycles. The molecule has 5 nitrogen and oxygen atoms in total. The molecule has 2 fully saturated rings. The quantitative estimate of drug-likeness (QED) is 0.940. The zero-order valence-corrected chi connectivity index (χ0v) is 12.5. The molecule has 1 saturated carbocycles. The minimum Gasteiger partial charge on any atom is -0.481 e. The normalized spacial score (nSPS) is 24.5. The summed E-state index contributed by atoms with van der Waals surface area (Å²) in [7, 11) is 0. The highest BCUT2D eigenvalue weighted by molar-refractivity contribution is 5.78. The maximum Gasteiger partial charge on any atom is 0.310 e. The lowest BCUT2D eigenvalue weighted by Crippen LogP contribution is -2.40. The summed E-state index contributed by atoms with van der Waals surface area (Å²) in [6.07, 6.45) is 3.75. The number of aliphatic carboxylic acids is 1. The van der Waals surface area contributed by atoms with Gasteiger partial charge in [-0.3, -0.25) is 4.79 Å². The summed E-state index contributed by atoms with van der Waals surface area (Å²) < 4.78 is 5.89. The predicted octanol–water partition coefficient (Wildman–Crippen LogP) is 2.87. The molecule has 0 spiro atoms. The Kier molecular flexibility index (Phi) is 3.18. The van der Waals surface area contributed by atoms with E-state index in [-0.39, 0.29) is 5.92 Å². The molecule has 1 saturated heterocycles. The molecule has 2 heterocycles. The topological polar surface area (TPSA) is 66.6 Å². The molecule has 0 amide bonds. The molecule has 22 heavy (non-hydrogen) atoms. The molecule has 2 aliphatic rings. The smallest absolute Gasteiger partial charge is 0.310 e. The van der Waals surface area contributed by atoms with Crippen molar-refractivity contribution < 1.29 is 14.3 Å². The minimum absolute atomic E-state index is 0.269. The van der Waals surface area contributed by atoms with E-state index >= 15 is 0 Å². The second-order valence-electron chi connectivity index (χ2n) is 6.68. The summed E-state index contributed by atoms with van der Waals surface area (Å²) in [6.45, 7) is 2.49. The summed E-state index contributed by atoms with van der Waals surface area (Å²) in [4.78, 5) is 18.3. The highest BCUT2D eigenvalue weighted by Crippen LogP contribution is 2.47. The van der Waals surface area contributed by atoms with Gasteiger partial charge in [-0.2, -0.15) is 0 Å². The van der Waals surface area contributed by atoms with Crippen molar-refractivity contribution in [2.75, 3.05) is 19.6 Å². The molecular formula is C17H20N2O3. The number of fused-ring (bicyclic) bond motifs is 1. The summed E-state index contributed by atoms with van der Waals surface area (Å²) in [5.41, 5.74) is 1.25. The lowest BCUT2D eigenvalue weighted by atomic mass is 9.96. The van der Waals surface area contributed by atoms with Crippen molar-refractivity contribution in [3.8, 4) is 0 Å². The maximum atomic E-state index is 11.4. The van der Waals surface area contributed by atoms with E-state index in [0.29, 0.717) is 6.54 Å². The molecule has 0 bridgehead atoms. The Hall–Kier alpha value is -1.88. The Morgan fingerprint density at radius 2 is 2.23 bits per heavy atom. The van der Waals surface area contributed by atoms with Gasteiger partial charge in [-0.15, -0.1) is 0 Å². The third-order valence-corrected chi connectivity index (χ3v) is 5.00. The van der Waals surface area contributed by atoms with Crippen LogP contribution in [0.5, 0.6) is 0 Å². The first kappa shape index (κ1) is 13.8. The van der Waals surface area contributed by atoms with Crippen LogP contribution in [-0.2, 0) is 4.79 Å². The number of oxazole rings is 1. The van der Waals surface area contributed by atoms with E-state index in [0.717, 1.165) is 55.8 Å². The molecule has 1 N–H and O–H groups in total. The Balaban J connectivity index is 1.50. The fourth-order valence-electron chi connectivity index (χ4n) is 3.48. The van der Waals surface area contributed by atoms with Crippen molar-refractivity contribution >= 4 is 17.1 Å². The van der Waals surface area contributed by atoms with Crippen molar-refractivity contribution in [1.29, 1.82) is 0 Å². The standard InChI is InChI=1S/C17H20N2O3/c20-16(21)17(7-8-17)11-19-9-3-4-12(10-19)15-18-13-5-1-2-6-14(13)22-15/h1-2,5-6,12H,3-4,7-11H2,(H,20,21). The first-order valence-corrected chi connectivity index (χ1v) is 7.98. The van der Waals surface area contributed by atoms with Crippen LogP contribution in [0.15, 0.2) is 28.7 Å². The van der Waals surface area contributed by atoms with Gasteiger partial charge < -0.3 is 14.4 Å². The number of hydrogen-bond acceptors (Lipinski definition) is 4. The highest BCUT2D eigenvalue weighted by Gasteiger charge is 2.51. The molecule has 1 aromatic carbocycles. The van der Waals surface area contributed by atoms with E-state index in [1.165, 1.54) is 0 Å². The van der Waals surface area contributed by atoms with Gasteiger partial charge in [0.05, 0.1) is 5.41 Å². The van der Waals surface area contributed by atoms with E-state index in [4.69, 9.17) is 4.42 Å². The van der Waals surface area contributed by atoms with Crippen molar-refractivity contribution in [2.45, 2.75) is 31.6 Å². The number of nitrogens with zero attached hydrogens (tertiary/aromatic N) is 2. The predicted molar refractivity (Wildman–Crippen MR) is 81.7 cm³/mol.